The first kappa shape index (κ1) is 15.7. The highest BCUT2D eigenvalue weighted by Crippen LogP contribution is 2.23. The quantitative estimate of drug-likeness (QED) is 0.570. The minimum atomic E-state index is -0.0350. The predicted molar refractivity (Wildman–Crippen MR) is 98.4 cm³/mol. The number of nitrogens with zero attached hydrogens (tertiary/aromatic N) is 1. The van der Waals surface area contributed by atoms with E-state index in [4.69, 9.17) is 4.42 Å². The number of fused-ring (bicyclic) bond motifs is 1. The van der Waals surface area contributed by atoms with E-state index in [1.807, 2.05) is 54.9 Å². The van der Waals surface area contributed by atoms with Crippen LogP contribution >= 0.6 is 11.3 Å². The van der Waals surface area contributed by atoms with Crippen LogP contribution in [0.5, 0.6) is 0 Å². The number of furan rings is 1. The highest BCUT2D eigenvalue weighted by molar-refractivity contribution is 7.09. The number of nitrogens with one attached hydrogen (secondary N) is 2. The molecule has 3 heterocycles. The molecule has 5 nitrogen and oxygen atoms in total. The molecular weight excluding hydrogens is 334 g/mol. The number of aromatic amines is 1. The summed E-state index contributed by atoms with van der Waals surface area (Å²) >= 11 is 1.59. The maximum atomic E-state index is 12.2. The van der Waals surface area contributed by atoms with Crippen molar-refractivity contribution in [1.29, 1.82) is 0 Å². The number of thiazole rings is 1. The standard InChI is InChI=1S/C19H17N3O2S/c1-12-22-17(11-25-12)18-7-6-14(24-18)10-21-19(23)8-13-9-20-16-5-3-2-4-15(13)16/h2-7,9,11,20H,8,10H2,1H3,(H,21,23). The lowest BCUT2D eigenvalue weighted by molar-refractivity contribution is -0.120. The Balaban J connectivity index is 1.38. The fourth-order valence-electron chi connectivity index (χ4n) is 2.79. The molecular formula is C19H17N3O2S. The van der Waals surface area contributed by atoms with Gasteiger partial charge in [-0.05, 0) is 30.7 Å². The van der Waals surface area contributed by atoms with Gasteiger partial charge in [-0.1, -0.05) is 18.2 Å². The Labute approximate surface area is 148 Å². The van der Waals surface area contributed by atoms with Gasteiger partial charge in [0.2, 0.25) is 5.91 Å². The Morgan fingerprint density at radius 2 is 2.16 bits per heavy atom. The number of benzene rings is 1. The molecule has 0 aliphatic carbocycles. The first-order chi connectivity index (χ1) is 12.2. The molecule has 0 saturated carbocycles. The van der Waals surface area contributed by atoms with Crippen LogP contribution in [0.15, 0.2) is 52.4 Å². The molecule has 0 saturated heterocycles. The fourth-order valence-corrected chi connectivity index (χ4v) is 3.39. The van der Waals surface area contributed by atoms with Gasteiger partial charge >= 0.3 is 0 Å². The predicted octanol–water partition coefficient (Wildman–Crippen LogP) is 4.05. The van der Waals surface area contributed by atoms with Crippen LogP contribution in [-0.4, -0.2) is 15.9 Å². The number of aromatic nitrogens is 2. The van der Waals surface area contributed by atoms with Crippen molar-refractivity contribution in [2.75, 3.05) is 0 Å². The van der Waals surface area contributed by atoms with E-state index in [1.165, 1.54) is 0 Å². The molecule has 0 aliphatic rings. The van der Waals surface area contributed by atoms with Gasteiger partial charge < -0.3 is 14.7 Å². The van der Waals surface area contributed by atoms with E-state index >= 15 is 0 Å². The first-order valence-electron chi connectivity index (χ1n) is 8.02. The van der Waals surface area contributed by atoms with Crippen LogP contribution < -0.4 is 5.32 Å². The maximum Gasteiger partial charge on any atom is 0.224 e. The van der Waals surface area contributed by atoms with E-state index < -0.39 is 0 Å². The third-order valence-corrected chi connectivity index (χ3v) is 4.79. The van der Waals surface area contributed by atoms with Crippen molar-refractivity contribution in [3.05, 3.63) is 64.3 Å². The number of H-pyrrole nitrogens is 1. The van der Waals surface area contributed by atoms with Crippen LogP contribution in [0.25, 0.3) is 22.4 Å². The van der Waals surface area contributed by atoms with E-state index in [9.17, 15) is 4.79 Å². The summed E-state index contributed by atoms with van der Waals surface area (Å²) in [5.41, 5.74) is 2.87. The molecule has 1 amide bonds. The number of carbonyl (C=O) groups is 1. The van der Waals surface area contributed by atoms with E-state index in [1.54, 1.807) is 11.3 Å². The van der Waals surface area contributed by atoms with Crippen molar-refractivity contribution >= 4 is 28.1 Å². The second kappa shape index (κ2) is 6.57. The highest BCUT2D eigenvalue weighted by atomic mass is 32.1. The van der Waals surface area contributed by atoms with Gasteiger partial charge in [0.1, 0.15) is 11.5 Å². The topological polar surface area (TPSA) is 70.9 Å². The number of para-hydroxylation sites is 1. The molecule has 4 rings (SSSR count). The van der Waals surface area contributed by atoms with Gasteiger partial charge in [-0.15, -0.1) is 11.3 Å². The van der Waals surface area contributed by atoms with Gasteiger partial charge in [-0.2, -0.15) is 0 Å². The molecule has 126 valence electrons. The molecule has 0 aliphatic heterocycles. The molecule has 0 radical (unpaired) electrons. The minimum absolute atomic E-state index is 0.0350. The summed E-state index contributed by atoms with van der Waals surface area (Å²) < 4.78 is 5.76. The zero-order chi connectivity index (χ0) is 17.2. The largest absolute Gasteiger partial charge is 0.458 e. The average molecular weight is 351 g/mol. The third-order valence-electron chi connectivity index (χ3n) is 4.02. The van der Waals surface area contributed by atoms with Crippen LogP contribution in [0.1, 0.15) is 16.3 Å². The molecule has 1 aromatic carbocycles. The average Bonchev–Trinajstić information content (AvgIpc) is 3.33. The summed E-state index contributed by atoms with van der Waals surface area (Å²) in [6.45, 7) is 2.33. The van der Waals surface area contributed by atoms with Crippen LogP contribution in [0.2, 0.25) is 0 Å². The molecule has 0 unspecified atom stereocenters. The lowest BCUT2D eigenvalue weighted by atomic mass is 10.1. The minimum Gasteiger partial charge on any atom is -0.458 e. The van der Waals surface area contributed by atoms with Crippen molar-refractivity contribution in [3.63, 3.8) is 0 Å². The Morgan fingerprint density at radius 3 is 3.00 bits per heavy atom. The summed E-state index contributed by atoms with van der Waals surface area (Å²) in [7, 11) is 0. The van der Waals surface area contributed by atoms with Gasteiger partial charge in [0.15, 0.2) is 5.76 Å². The lowest BCUT2D eigenvalue weighted by Crippen LogP contribution is -2.24. The van der Waals surface area contributed by atoms with Crippen LogP contribution in [0, 0.1) is 6.92 Å². The number of amides is 1. The first-order valence-corrected chi connectivity index (χ1v) is 8.90. The summed E-state index contributed by atoms with van der Waals surface area (Å²) in [6.07, 6.45) is 2.22. The second-order valence-corrected chi connectivity index (χ2v) is 6.89. The third kappa shape index (κ3) is 3.34. The van der Waals surface area contributed by atoms with E-state index in [-0.39, 0.29) is 5.91 Å². The van der Waals surface area contributed by atoms with Crippen molar-refractivity contribution in [1.82, 2.24) is 15.3 Å². The Morgan fingerprint density at radius 1 is 1.28 bits per heavy atom. The van der Waals surface area contributed by atoms with E-state index in [0.717, 1.165) is 32.9 Å². The van der Waals surface area contributed by atoms with Crippen LogP contribution in [0.4, 0.5) is 0 Å². The molecule has 25 heavy (non-hydrogen) atoms. The molecule has 4 aromatic rings. The van der Waals surface area contributed by atoms with Crippen LogP contribution in [-0.2, 0) is 17.8 Å². The zero-order valence-corrected chi connectivity index (χ0v) is 14.5. The molecule has 3 aromatic heterocycles. The number of hydrogen-bond donors (Lipinski definition) is 2. The molecule has 0 atom stereocenters. The van der Waals surface area contributed by atoms with Crippen molar-refractivity contribution in [2.45, 2.75) is 19.9 Å². The lowest BCUT2D eigenvalue weighted by Gasteiger charge is -2.03. The number of hydrogen-bond acceptors (Lipinski definition) is 4. The fraction of sp³-hybridized carbons (Fsp3) is 0.158. The van der Waals surface area contributed by atoms with Crippen molar-refractivity contribution < 1.29 is 9.21 Å². The zero-order valence-electron chi connectivity index (χ0n) is 13.7. The van der Waals surface area contributed by atoms with Gasteiger partial charge in [-0.3, -0.25) is 4.79 Å². The van der Waals surface area contributed by atoms with Crippen molar-refractivity contribution in [3.8, 4) is 11.5 Å². The number of aryl methyl sites for hydroxylation is 1. The molecule has 6 heteroatoms. The molecule has 2 N–H and O–H groups in total. The Kier molecular flexibility index (Phi) is 4.11. The molecule has 0 fully saturated rings. The summed E-state index contributed by atoms with van der Waals surface area (Å²) in [6, 6.07) is 11.7. The molecule has 0 bridgehead atoms. The van der Waals surface area contributed by atoms with Gasteiger partial charge in [0.05, 0.1) is 18.0 Å². The summed E-state index contributed by atoms with van der Waals surface area (Å²) in [4.78, 5) is 19.8. The SMILES string of the molecule is Cc1nc(-c2ccc(CNC(=O)Cc3c[nH]c4ccccc34)o2)cs1. The van der Waals surface area contributed by atoms with Crippen molar-refractivity contribution in [2.24, 2.45) is 0 Å². The monoisotopic (exact) mass is 351 g/mol. The van der Waals surface area contributed by atoms with E-state index in [2.05, 4.69) is 15.3 Å². The Hall–Kier alpha value is -2.86. The summed E-state index contributed by atoms with van der Waals surface area (Å²) in [5, 5.41) is 6.95. The second-order valence-electron chi connectivity index (χ2n) is 5.83. The Bertz CT molecular complexity index is 1030. The molecule has 0 spiro atoms. The smallest absolute Gasteiger partial charge is 0.224 e. The van der Waals surface area contributed by atoms with Gasteiger partial charge in [0, 0.05) is 22.5 Å². The number of carbonyl (C=O) groups excluding carboxylic acids is 1. The summed E-state index contributed by atoms with van der Waals surface area (Å²) in [5.74, 6) is 1.41. The number of rotatable bonds is 5. The highest BCUT2D eigenvalue weighted by Gasteiger charge is 2.11. The van der Waals surface area contributed by atoms with Gasteiger partial charge in [-0.25, -0.2) is 4.98 Å². The normalized spacial score (nSPS) is 11.1. The van der Waals surface area contributed by atoms with Gasteiger partial charge in [0.25, 0.3) is 0 Å². The van der Waals surface area contributed by atoms with E-state index in [0.29, 0.717) is 18.7 Å². The van der Waals surface area contributed by atoms with Crippen LogP contribution in [0.3, 0.4) is 0 Å². The maximum absolute atomic E-state index is 12.2.